The number of hydrogen-bond donors (Lipinski definition) is 1. The van der Waals surface area contributed by atoms with Gasteiger partial charge in [-0.15, -0.1) is 0 Å². The normalized spacial score (nSPS) is 23.7. The number of hydrogen-bond acceptors (Lipinski definition) is 4. The van der Waals surface area contributed by atoms with E-state index < -0.39 is 0 Å². The number of rotatable bonds is 3. The fourth-order valence-electron chi connectivity index (χ4n) is 2.27. The molecular formula is C11H22N4. The minimum absolute atomic E-state index is 0.592. The lowest BCUT2D eigenvalue weighted by atomic mass is 10.3. The summed E-state index contributed by atoms with van der Waals surface area (Å²) < 4.78 is 0. The van der Waals surface area contributed by atoms with Gasteiger partial charge in [-0.1, -0.05) is 0 Å². The average molecular weight is 210 g/mol. The van der Waals surface area contributed by atoms with Gasteiger partial charge in [0.2, 0.25) is 0 Å². The van der Waals surface area contributed by atoms with Gasteiger partial charge in [0.1, 0.15) is 5.84 Å². The standard InChI is InChI=1S/C11H22N4/c1-10(2)15-8-5-13-11(15)9-14-6-3-12-4-7-14/h10,12H,3-9H2,1-2H3. The van der Waals surface area contributed by atoms with E-state index in [-0.39, 0.29) is 0 Å². The number of aliphatic imine (C=N–C) groups is 1. The molecule has 0 aromatic heterocycles. The molecule has 1 fully saturated rings. The van der Waals surface area contributed by atoms with E-state index in [1.807, 2.05) is 0 Å². The molecule has 0 atom stereocenters. The van der Waals surface area contributed by atoms with Gasteiger partial charge in [-0.3, -0.25) is 9.89 Å². The van der Waals surface area contributed by atoms with Crippen LogP contribution < -0.4 is 5.32 Å². The Morgan fingerprint density at radius 3 is 2.67 bits per heavy atom. The Morgan fingerprint density at radius 1 is 1.27 bits per heavy atom. The van der Waals surface area contributed by atoms with Gasteiger partial charge in [0.15, 0.2) is 0 Å². The van der Waals surface area contributed by atoms with Crippen LogP contribution in [-0.4, -0.2) is 67.5 Å². The molecule has 2 rings (SSSR count). The Bertz CT molecular complexity index is 231. The number of nitrogens with one attached hydrogen (secondary N) is 1. The summed E-state index contributed by atoms with van der Waals surface area (Å²) in [5, 5.41) is 3.38. The minimum atomic E-state index is 0.592. The average Bonchev–Trinajstić information content (AvgIpc) is 2.67. The molecule has 2 heterocycles. The molecule has 0 aliphatic carbocycles. The van der Waals surface area contributed by atoms with Gasteiger partial charge < -0.3 is 10.2 Å². The maximum absolute atomic E-state index is 4.61. The minimum Gasteiger partial charge on any atom is -0.355 e. The monoisotopic (exact) mass is 210 g/mol. The lowest BCUT2D eigenvalue weighted by Gasteiger charge is -2.31. The molecular weight excluding hydrogens is 188 g/mol. The highest BCUT2D eigenvalue weighted by Gasteiger charge is 2.22. The summed E-state index contributed by atoms with van der Waals surface area (Å²) in [6.45, 7) is 12.2. The summed E-state index contributed by atoms with van der Waals surface area (Å²) in [7, 11) is 0. The summed E-state index contributed by atoms with van der Waals surface area (Å²) in [5.41, 5.74) is 0. The van der Waals surface area contributed by atoms with Crippen LogP contribution in [0, 0.1) is 0 Å². The van der Waals surface area contributed by atoms with Gasteiger partial charge in [0.25, 0.3) is 0 Å². The molecule has 0 unspecified atom stereocenters. The molecule has 2 aliphatic rings. The molecule has 1 N–H and O–H groups in total. The maximum Gasteiger partial charge on any atom is 0.113 e. The van der Waals surface area contributed by atoms with E-state index in [0.29, 0.717) is 6.04 Å². The highest BCUT2D eigenvalue weighted by Crippen LogP contribution is 2.08. The fourth-order valence-corrected chi connectivity index (χ4v) is 2.27. The summed E-state index contributed by atoms with van der Waals surface area (Å²) in [6, 6.07) is 0.592. The van der Waals surface area contributed by atoms with Gasteiger partial charge in [0.05, 0.1) is 13.1 Å². The zero-order valence-corrected chi connectivity index (χ0v) is 9.87. The van der Waals surface area contributed by atoms with E-state index in [4.69, 9.17) is 0 Å². The highest BCUT2D eigenvalue weighted by atomic mass is 15.3. The summed E-state index contributed by atoms with van der Waals surface area (Å²) in [6.07, 6.45) is 0. The predicted molar refractivity (Wildman–Crippen MR) is 63.5 cm³/mol. The zero-order chi connectivity index (χ0) is 10.7. The molecule has 86 valence electrons. The smallest absolute Gasteiger partial charge is 0.113 e. The van der Waals surface area contributed by atoms with Crippen molar-refractivity contribution in [1.82, 2.24) is 15.1 Å². The molecule has 0 saturated carbocycles. The number of nitrogens with zero attached hydrogens (tertiary/aromatic N) is 3. The third kappa shape index (κ3) is 2.69. The largest absolute Gasteiger partial charge is 0.355 e. The predicted octanol–water partition coefficient (Wildman–Crippen LogP) is 0.0141. The van der Waals surface area contributed by atoms with E-state index in [2.05, 4.69) is 34.0 Å². The Balaban J connectivity index is 1.87. The lowest BCUT2D eigenvalue weighted by Crippen LogP contribution is -2.48. The third-order valence-corrected chi connectivity index (χ3v) is 3.16. The van der Waals surface area contributed by atoms with Crippen LogP contribution in [0.5, 0.6) is 0 Å². The number of amidine groups is 1. The first-order chi connectivity index (χ1) is 7.27. The van der Waals surface area contributed by atoms with Crippen molar-refractivity contribution in [3.63, 3.8) is 0 Å². The second kappa shape index (κ2) is 4.94. The van der Waals surface area contributed by atoms with Crippen LogP contribution in [0.4, 0.5) is 0 Å². The molecule has 4 heteroatoms. The van der Waals surface area contributed by atoms with Crippen LogP contribution in [0.3, 0.4) is 0 Å². The molecule has 0 aromatic rings. The van der Waals surface area contributed by atoms with Crippen LogP contribution in [0.15, 0.2) is 4.99 Å². The lowest BCUT2D eigenvalue weighted by molar-refractivity contribution is 0.259. The molecule has 0 amide bonds. The van der Waals surface area contributed by atoms with Crippen molar-refractivity contribution >= 4 is 5.84 Å². The van der Waals surface area contributed by atoms with E-state index >= 15 is 0 Å². The molecule has 0 aromatic carbocycles. The van der Waals surface area contributed by atoms with Gasteiger partial charge in [-0.2, -0.15) is 0 Å². The van der Waals surface area contributed by atoms with Crippen molar-refractivity contribution < 1.29 is 0 Å². The molecule has 15 heavy (non-hydrogen) atoms. The molecule has 1 saturated heterocycles. The summed E-state index contributed by atoms with van der Waals surface area (Å²) in [4.78, 5) is 9.54. The molecule has 0 radical (unpaired) electrons. The summed E-state index contributed by atoms with van der Waals surface area (Å²) >= 11 is 0. The molecule has 0 bridgehead atoms. The van der Waals surface area contributed by atoms with Crippen LogP contribution in [-0.2, 0) is 0 Å². The quantitative estimate of drug-likeness (QED) is 0.712. The highest BCUT2D eigenvalue weighted by molar-refractivity contribution is 5.85. The van der Waals surface area contributed by atoms with Crippen molar-refractivity contribution in [3.8, 4) is 0 Å². The van der Waals surface area contributed by atoms with E-state index in [9.17, 15) is 0 Å². The van der Waals surface area contributed by atoms with E-state index in [0.717, 1.165) is 45.8 Å². The van der Waals surface area contributed by atoms with Crippen LogP contribution in [0.25, 0.3) is 0 Å². The van der Waals surface area contributed by atoms with Crippen molar-refractivity contribution in [2.24, 2.45) is 4.99 Å². The second-order valence-corrected chi connectivity index (χ2v) is 4.61. The Morgan fingerprint density at radius 2 is 2.00 bits per heavy atom. The van der Waals surface area contributed by atoms with Crippen molar-refractivity contribution in [2.75, 3.05) is 45.8 Å². The SMILES string of the molecule is CC(C)N1CCN=C1CN1CCNCC1. The number of piperazine rings is 1. The Hall–Kier alpha value is -0.610. The fraction of sp³-hybridized carbons (Fsp3) is 0.909. The summed E-state index contributed by atoms with van der Waals surface area (Å²) in [5.74, 6) is 1.30. The first kappa shape index (κ1) is 10.9. The second-order valence-electron chi connectivity index (χ2n) is 4.61. The van der Waals surface area contributed by atoms with Crippen LogP contribution in [0.2, 0.25) is 0 Å². The first-order valence-electron chi connectivity index (χ1n) is 6.00. The van der Waals surface area contributed by atoms with E-state index in [1.165, 1.54) is 5.84 Å². The Labute approximate surface area is 92.3 Å². The zero-order valence-electron chi connectivity index (χ0n) is 9.87. The van der Waals surface area contributed by atoms with Gasteiger partial charge in [-0.25, -0.2) is 0 Å². The topological polar surface area (TPSA) is 30.9 Å². The van der Waals surface area contributed by atoms with Crippen molar-refractivity contribution in [3.05, 3.63) is 0 Å². The van der Waals surface area contributed by atoms with Crippen LogP contribution in [0.1, 0.15) is 13.8 Å². The van der Waals surface area contributed by atoms with Gasteiger partial charge >= 0.3 is 0 Å². The molecule has 0 spiro atoms. The molecule has 2 aliphatic heterocycles. The van der Waals surface area contributed by atoms with Gasteiger partial charge in [0, 0.05) is 38.8 Å². The van der Waals surface area contributed by atoms with Crippen molar-refractivity contribution in [1.29, 1.82) is 0 Å². The van der Waals surface area contributed by atoms with Crippen molar-refractivity contribution in [2.45, 2.75) is 19.9 Å². The maximum atomic E-state index is 4.61. The Kier molecular flexibility index (Phi) is 3.59. The van der Waals surface area contributed by atoms with Gasteiger partial charge in [-0.05, 0) is 13.8 Å². The first-order valence-corrected chi connectivity index (χ1v) is 6.00. The van der Waals surface area contributed by atoms with Crippen LogP contribution >= 0.6 is 0 Å². The van der Waals surface area contributed by atoms with E-state index in [1.54, 1.807) is 0 Å². The third-order valence-electron chi connectivity index (χ3n) is 3.16. The molecule has 4 nitrogen and oxygen atoms in total.